The molecule has 0 radical (unpaired) electrons. The number of urea groups is 1. The lowest BCUT2D eigenvalue weighted by Gasteiger charge is -2.15. The first-order valence-electron chi connectivity index (χ1n) is 7.37. The molecule has 0 bridgehead atoms. The fourth-order valence-corrected chi connectivity index (χ4v) is 2.16. The summed E-state index contributed by atoms with van der Waals surface area (Å²) in [4.78, 5) is 28.0. The third-order valence-electron chi connectivity index (χ3n) is 3.41. The van der Waals surface area contributed by atoms with Crippen molar-refractivity contribution in [1.29, 1.82) is 0 Å². The summed E-state index contributed by atoms with van der Waals surface area (Å²) in [5.74, 6) is 0.106. The lowest BCUT2D eigenvalue weighted by molar-refractivity contribution is -0.124. The largest absolute Gasteiger partial charge is 0.356 e. The van der Waals surface area contributed by atoms with Crippen molar-refractivity contribution in [3.63, 3.8) is 0 Å². The van der Waals surface area contributed by atoms with Gasteiger partial charge in [-0.25, -0.2) is 9.18 Å². The van der Waals surface area contributed by atoms with Crippen LogP contribution in [-0.4, -0.2) is 56.0 Å². The number of imide groups is 1. The molecule has 1 aromatic rings. The summed E-state index contributed by atoms with van der Waals surface area (Å²) >= 11 is 0. The molecule has 1 fully saturated rings. The minimum Gasteiger partial charge on any atom is -0.356 e. The molecule has 1 saturated heterocycles. The van der Waals surface area contributed by atoms with E-state index in [0.717, 1.165) is 12.0 Å². The molecule has 3 N–H and O–H groups in total. The van der Waals surface area contributed by atoms with Gasteiger partial charge in [0.2, 0.25) is 5.91 Å². The topological polar surface area (TPSA) is 85.8 Å². The fourth-order valence-electron chi connectivity index (χ4n) is 2.16. The Morgan fingerprint density at radius 1 is 1.25 bits per heavy atom. The highest BCUT2D eigenvalue weighted by atomic mass is 127. The zero-order valence-corrected chi connectivity index (χ0v) is 15.7. The predicted octanol–water partition coefficient (Wildman–Crippen LogP) is 0.703. The minimum atomic E-state index is -0.365. The Kier molecular flexibility index (Phi) is 8.44. The summed E-state index contributed by atoms with van der Waals surface area (Å²) in [7, 11) is 1.64. The van der Waals surface area contributed by atoms with Gasteiger partial charge in [0.05, 0.1) is 6.54 Å². The molecule has 0 aliphatic carbocycles. The second-order valence-electron chi connectivity index (χ2n) is 5.01. The number of carbonyl (C=O) groups excluding carboxylic acids is 2. The van der Waals surface area contributed by atoms with Crippen molar-refractivity contribution in [2.45, 2.75) is 6.42 Å². The van der Waals surface area contributed by atoms with Gasteiger partial charge in [0.1, 0.15) is 5.82 Å². The van der Waals surface area contributed by atoms with Crippen molar-refractivity contribution in [3.8, 4) is 0 Å². The maximum Gasteiger partial charge on any atom is 0.324 e. The summed E-state index contributed by atoms with van der Waals surface area (Å²) in [5.41, 5.74) is 1.02. The molecule has 1 aliphatic heterocycles. The van der Waals surface area contributed by atoms with Crippen LogP contribution in [-0.2, 0) is 11.2 Å². The standard InChI is InChI=1S/C15H20FN5O2.HI/c1-17-14(18-7-6-11-2-4-12(16)5-3-11)19-8-9-21-13(22)10-20-15(21)23;/h2-5H,6-10H2,1H3,(H,20,23)(H2,17,18,19);1H. The van der Waals surface area contributed by atoms with Crippen molar-refractivity contribution in [2.24, 2.45) is 4.99 Å². The quantitative estimate of drug-likeness (QED) is 0.259. The Bertz CT molecular complexity index is 578. The van der Waals surface area contributed by atoms with E-state index in [2.05, 4.69) is 20.9 Å². The van der Waals surface area contributed by atoms with Crippen molar-refractivity contribution >= 4 is 41.9 Å². The monoisotopic (exact) mass is 449 g/mol. The van der Waals surface area contributed by atoms with E-state index in [9.17, 15) is 14.0 Å². The SMILES string of the molecule is CN=C(NCCc1ccc(F)cc1)NCCN1C(=O)CNC1=O.I. The normalized spacial score (nSPS) is 14.2. The van der Waals surface area contributed by atoms with Crippen LogP contribution in [0.5, 0.6) is 0 Å². The van der Waals surface area contributed by atoms with Crippen LogP contribution in [0.2, 0.25) is 0 Å². The summed E-state index contributed by atoms with van der Waals surface area (Å²) in [6.45, 7) is 1.39. The van der Waals surface area contributed by atoms with Gasteiger partial charge in [-0.3, -0.25) is 14.7 Å². The van der Waals surface area contributed by atoms with E-state index < -0.39 is 0 Å². The van der Waals surface area contributed by atoms with Crippen LogP contribution in [0.15, 0.2) is 29.3 Å². The van der Waals surface area contributed by atoms with Gasteiger partial charge in [-0.05, 0) is 24.1 Å². The van der Waals surface area contributed by atoms with Crippen LogP contribution >= 0.6 is 24.0 Å². The summed E-state index contributed by atoms with van der Waals surface area (Å²) in [6.07, 6.45) is 0.730. The molecule has 0 spiro atoms. The summed E-state index contributed by atoms with van der Waals surface area (Å²) in [5, 5.41) is 8.62. The van der Waals surface area contributed by atoms with E-state index in [4.69, 9.17) is 0 Å². The fraction of sp³-hybridized carbons (Fsp3) is 0.400. The molecule has 3 amide bonds. The highest BCUT2D eigenvalue weighted by molar-refractivity contribution is 14.0. The number of carbonyl (C=O) groups is 2. The number of rotatable bonds is 6. The second-order valence-corrected chi connectivity index (χ2v) is 5.01. The summed E-state index contributed by atoms with van der Waals surface area (Å²) in [6, 6.07) is 5.98. The van der Waals surface area contributed by atoms with Crippen molar-refractivity contribution in [3.05, 3.63) is 35.6 Å². The smallest absolute Gasteiger partial charge is 0.324 e. The highest BCUT2D eigenvalue weighted by Crippen LogP contribution is 2.02. The van der Waals surface area contributed by atoms with Crippen LogP contribution in [0.3, 0.4) is 0 Å². The van der Waals surface area contributed by atoms with Gasteiger partial charge >= 0.3 is 6.03 Å². The van der Waals surface area contributed by atoms with Gasteiger partial charge in [-0.1, -0.05) is 12.1 Å². The second kappa shape index (κ2) is 10.1. The van der Waals surface area contributed by atoms with Gasteiger partial charge < -0.3 is 16.0 Å². The van der Waals surface area contributed by atoms with Crippen molar-refractivity contribution in [2.75, 3.05) is 33.2 Å². The molecule has 0 saturated carbocycles. The third kappa shape index (κ3) is 5.95. The maximum absolute atomic E-state index is 12.8. The Hall–Kier alpha value is -1.91. The van der Waals surface area contributed by atoms with Crippen LogP contribution in [0.1, 0.15) is 5.56 Å². The van der Waals surface area contributed by atoms with Crippen LogP contribution in [0.4, 0.5) is 9.18 Å². The molecule has 1 aromatic carbocycles. The Labute approximate surface area is 157 Å². The third-order valence-corrected chi connectivity index (χ3v) is 3.41. The first-order chi connectivity index (χ1) is 11.1. The number of nitrogens with one attached hydrogen (secondary N) is 3. The van der Waals surface area contributed by atoms with E-state index in [1.165, 1.54) is 17.0 Å². The number of nitrogens with zero attached hydrogens (tertiary/aromatic N) is 2. The molecule has 0 aromatic heterocycles. The predicted molar refractivity (Wildman–Crippen MR) is 100.0 cm³/mol. The lowest BCUT2D eigenvalue weighted by atomic mass is 10.1. The van der Waals surface area contributed by atoms with E-state index >= 15 is 0 Å². The molecule has 0 atom stereocenters. The number of hydrogen-bond acceptors (Lipinski definition) is 3. The molecule has 24 heavy (non-hydrogen) atoms. The van der Waals surface area contributed by atoms with E-state index in [0.29, 0.717) is 19.0 Å². The minimum absolute atomic E-state index is 0. The number of benzene rings is 1. The average Bonchev–Trinajstić information content (AvgIpc) is 2.87. The molecular formula is C15H21FIN5O2. The first kappa shape index (κ1) is 20.1. The molecule has 2 rings (SSSR count). The van der Waals surface area contributed by atoms with Crippen LogP contribution in [0.25, 0.3) is 0 Å². The lowest BCUT2D eigenvalue weighted by Crippen LogP contribution is -2.43. The zero-order valence-electron chi connectivity index (χ0n) is 13.3. The molecule has 0 unspecified atom stereocenters. The van der Waals surface area contributed by atoms with Gasteiger partial charge in [0, 0.05) is 26.7 Å². The maximum atomic E-state index is 12.8. The van der Waals surface area contributed by atoms with Crippen molar-refractivity contribution in [1.82, 2.24) is 20.9 Å². The molecule has 9 heteroatoms. The first-order valence-corrected chi connectivity index (χ1v) is 7.37. The molecule has 132 valence electrons. The van der Waals surface area contributed by atoms with Gasteiger partial charge in [0.15, 0.2) is 5.96 Å². The number of hydrogen-bond donors (Lipinski definition) is 3. The van der Waals surface area contributed by atoms with Gasteiger partial charge in [-0.15, -0.1) is 24.0 Å². The Morgan fingerprint density at radius 3 is 2.50 bits per heavy atom. The molecular weight excluding hydrogens is 428 g/mol. The Morgan fingerprint density at radius 2 is 1.92 bits per heavy atom. The highest BCUT2D eigenvalue weighted by Gasteiger charge is 2.27. The van der Waals surface area contributed by atoms with Crippen molar-refractivity contribution < 1.29 is 14.0 Å². The van der Waals surface area contributed by atoms with E-state index in [-0.39, 0.29) is 54.8 Å². The van der Waals surface area contributed by atoms with Gasteiger partial charge in [0.25, 0.3) is 0 Å². The van der Waals surface area contributed by atoms with Crippen LogP contribution < -0.4 is 16.0 Å². The Balaban J connectivity index is 0.00000288. The summed E-state index contributed by atoms with van der Waals surface area (Å²) < 4.78 is 12.8. The number of guanidine groups is 1. The zero-order chi connectivity index (χ0) is 16.7. The average molecular weight is 449 g/mol. The molecule has 1 heterocycles. The number of halogens is 2. The number of aliphatic imine (C=N–C) groups is 1. The van der Waals surface area contributed by atoms with E-state index in [1.807, 2.05) is 0 Å². The number of amides is 3. The molecule has 7 nitrogen and oxygen atoms in total. The van der Waals surface area contributed by atoms with E-state index in [1.54, 1.807) is 19.2 Å². The van der Waals surface area contributed by atoms with Crippen LogP contribution in [0, 0.1) is 5.82 Å². The molecule has 1 aliphatic rings. The van der Waals surface area contributed by atoms with Gasteiger partial charge in [-0.2, -0.15) is 0 Å².